The lowest BCUT2D eigenvalue weighted by Crippen LogP contribution is -2.69. The first-order valence-electron chi connectivity index (χ1n) is 21.7. The van der Waals surface area contributed by atoms with E-state index in [0.29, 0.717) is 30.1 Å². The van der Waals surface area contributed by atoms with Gasteiger partial charge >= 0.3 is 6.09 Å². The van der Waals surface area contributed by atoms with Gasteiger partial charge in [0.2, 0.25) is 5.79 Å². The van der Waals surface area contributed by atoms with Crippen molar-refractivity contribution < 1.29 is 38.8 Å². The van der Waals surface area contributed by atoms with Crippen LogP contribution in [0.3, 0.4) is 0 Å². The molecule has 61 heavy (non-hydrogen) atoms. The van der Waals surface area contributed by atoms with Gasteiger partial charge in [0, 0.05) is 38.2 Å². The number of amides is 1. The molecule has 0 bridgehead atoms. The van der Waals surface area contributed by atoms with Crippen molar-refractivity contribution >= 4 is 11.8 Å². The monoisotopic (exact) mass is 828 g/mol. The number of aliphatic hydroxyl groups excluding tert-OH is 2. The van der Waals surface area contributed by atoms with Gasteiger partial charge < -0.3 is 38.9 Å². The molecule has 322 valence electrons. The third-order valence-electron chi connectivity index (χ3n) is 12.6. The van der Waals surface area contributed by atoms with Crippen LogP contribution in [0.5, 0.6) is 17.2 Å². The van der Waals surface area contributed by atoms with Crippen molar-refractivity contribution in [1.29, 1.82) is 0 Å². The first kappa shape index (κ1) is 43.7. The van der Waals surface area contributed by atoms with Crippen LogP contribution in [0.4, 0.5) is 4.79 Å². The summed E-state index contributed by atoms with van der Waals surface area (Å²) in [7, 11) is 1.74. The quantitative estimate of drug-likeness (QED) is 0.0545. The van der Waals surface area contributed by atoms with Gasteiger partial charge in [0.25, 0.3) is 0 Å². The standard InChI is InChI=1S/C51H60N2O8/c1-5-28-58-51-47(53(4)50(56)57-33-37-16-8-6-9-17-37)32-45(52-59-34-38-18-10-7-11-19-38)43-30-39(20-12-14-26-54)42(21-13-15-27-55)48(49(43)51)44-31-41(24-25-46(44)61-51)60-40-23-22-35(2)36(3)29-40/h5-11,16-19,22-25,29-31,39,42,47-49,54-55H,1,12-15,20-21,26-28,32-34H2,2-4H3/t39-,42+,47-,48+,49+,51+/m0/s1. The van der Waals surface area contributed by atoms with Gasteiger partial charge in [0.15, 0.2) is 0 Å². The summed E-state index contributed by atoms with van der Waals surface area (Å²) >= 11 is 0. The van der Waals surface area contributed by atoms with Crippen molar-refractivity contribution in [1.82, 2.24) is 4.90 Å². The third kappa shape index (κ3) is 9.88. The molecule has 1 fully saturated rings. The zero-order valence-corrected chi connectivity index (χ0v) is 35.7. The SMILES string of the molecule is C=CCO[C@@]12Oc3ccc(Oc4ccc(C)c(C)c4)cc3[C@H]3[C@H](CCCCO)[C@@H](CCCCO)C=C(C(=NOCc4ccccc4)C[C@@H]1N(C)C(=O)OCc1ccccc1)[C@H]32. The molecular formula is C51H60N2O8. The molecule has 10 heteroatoms. The number of hydrogen-bond donors (Lipinski definition) is 2. The maximum absolute atomic E-state index is 14.2. The molecule has 4 aromatic carbocycles. The second-order valence-electron chi connectivity index (χ2n) is 16.5. The minimum atomic E-state index is -1.39. The molecule has 0 saturated heterocycles. The number of fused-ring (bicyclic) bond motifs is 2. The predicted octanol–water partition coefficient (Wildman–Crippen LogP) is 10.2. The topological polar surface area (TPSA) is 119 Å². The molecule has 0 radical (unpaired) electrons. The Kier molecular flexibility index (Phi) is 14.6. The van der Waals surface area contributed by atoms with Crippen LogP contribution in [0.25, 0.3) is 0 Å². The number of rotatable bonds is 19. The lowest BCUT2D eigenvalue weighted by molar-refractivity contribution is -0.253. The second kappa shape index (κ2) is 20.4. The molecule has 0 unspecified atom stereocenters. The fourth-order valence-electron chi connectivity index (χ4n) is 9.41. The van der Waals surface area contributed by atoms with Crippen molar-refractivity contribution in [3.63, 3.8) is 0 Å². The fourth-order valence-corrected chi connectivity index (χ4v) is 9.41. The Balaban J connectivity index is 1.38. The molecule has 0 spiro atoms. The van der Waals surface area contributed by atoms with Gasteiger partial charge in [-0.3, -0.25) is 0 Å². The van der Waals surface area contributed by atoms with Crippen LogP contribution in [0.15, 0.2) is 127 Å². The third-order valence-corrected chi connectivity index (χ3v) is 12.6. The van der Waals surface area contributed by atoms with E-state index in [4.69, 9.17) is 28.9 Å². The molecule has 10 nitrogen and oxygen atoms in total. The molecule has 3 aliphatic rings. The van der Waals surface area contributed by atoms with Crippen LogP contribution >= 0.6 is 0 Å². The molecule has 1 saturated carbocycles. The number of allylic oxidation sites excluding steroid dienone is 1. The van der Waals surface area contributed by atoms with Gasteiger partial charge in [-0.05, 0) is 110 Å². The summed E-state index contributed by atoms with van der Waals surface area (Å²) in [5.74, 6) is 0.214. The Morgan fingerprint density at radius 3 is 2.23 bits per heavy atom. The number of benzene rings is 4. The highest BCUT2D eigenvalue weighted by atomic mass is 16.7. The summed E-state index contributed by atoms with van der Waals surface area (Å²) in [6.07, 6.45) is 8.48. The summed E-state index contributed by atoms with van der Waals surface area (Å²) < 4.78 is 26.8. The molecule has 1 aliphatic heterocycles. The van der Waals surface area contributed by atoms with E-state index < -0.39 is 23.8 Å². The van der Waals surface area contributed by atoms with Gasteiger partial charge in [0.05, 0.1) is 18.2 Å². The van der Waals surface area contributed by atoms with E-state index in [1.807, 2.05) is 84.9 Å². The van der Waals surface area contributed by atoms with Crippen molar-refractivity contribution in [2.24, 2.45) is 22.9 Å². The average molecular weight is 829 g/mol. The van der Waals surface area contributed by atoms with E-state index >= 15 is 0 Å². The van der Waals surface area contributed by atoms with Crippen molar-refractivity contribution in [2.45, 2.75) is 89.8 Å². The molecule has 2 aliphatic carbocycles. The van der Waals surface area contributed by atoms with E-state index in [1.165, 1.54) is 5.56 Å². The number of aliphatic hydroxyl groups is 2. The second-order valence-corrected chi connectivity index (χ2v) is 16.5. The van der Waals surface area contributed by atoms with Crippen molar-refractivity contribution in [3.8, 4) is 17.2 Å². The van der Waals surface area contributed by atoms with Gasteiger partial charge in [-0.2, -0.15) is 0 Å². The zero-order valence-electron chi connectivity index (χ0n) is 35.7. The van der Waals surface area contributed by atoms with E-state index in [0.717, 1.165) is 59.3 Å². The summed E-state index contributed by atoms with van der Waals surface area (Å²) in [5.41, 5.74) is 6.84. The predicted molar refractivity (Wildman–Crippen MR) is 237 cm³/mol. The summed E-state index contributed by atoms with van der Waals surface area (Å²) in [6.45, 7) is 8.94. The summed E-state index contributed by atoms with van der Waals surface area (Å²) in [4.78, 5) is 22.0. The Bertz CT molecular complexity index is 2160. The smallest absolute Gasteiger partial charge is 0.410 e. The Morgan fingerprint density at radius 2 is 1.54 bits per heavy atom. The van der Waals surface area contributed by atoms with Crippen LogP contribution in [0.2, 0.25) is 0 Å². The fraction of sp³-hybridized carbons (Fsp3) is 0.412. The van der Waals surface area contributed by atoms with E-state index in [9.17, 15) is 15.0 Å². The first-order chi connectivity index (χ1) is 29.8. The van der Waals surface area contributed by atoms with Crippen LogP contribution in [0, 0.1) is 31.6 Å². The number of hydrogen-bond acceptors (Lipinski definition) is 9. The molecule has 6 atom stereocenters. The Labute approximate surface area is 360 Å². The minimum absolute atomic E-state index is 0.0748. The maximum Gasteiger partial charge on any atom is 0.410 e. The number of nitrogens with zero attached hydrogens (tertiary/aromatic N) is 2. The maximum atomic E-state index is 14.2. The van der Waals surface area contributed by atoms with Crippen LogP contribution in [-0.4, -0.2) is 65.6 Å². The number of carbonyl (C=O) groups is 1. The number of carbonyl (C=O) groups excluding carboxylic acids is 1. The van der Waals surface area contributed by atoms with Crippen molar-refractivity contribution in [3.05, 3.63) is 149 Å². The van der Waals surface area contributed by atoms with Crippen LogP contribution in [0.1, 0.15) is 78.7 Å². The largest absolute Gasteiger partial charge is 0.459 e. The van der Waals surface area contributed by atoms with E-state index in [1.54, 1.807) is 18.0 Å². The van der Waals surface area contributed by atoms with Gasteiger partial charge in [-0.15, -0.1) is 6.58 Å². The molecule has 4 aromatic rings. The zero-order chi connectivity index (χ0) is 42.8. The number of ether oxygens (including phenoxy) is 4. The van der Waals surface area contributed by atoms with Gasteiger partial charge in [-0.25, -0.2) is 4.79 Å². The van der Waals surface area contributed by atoms with Crippen LogP contribution in [-0.2, 0) is 27.5 Å². The number of unbranched alkanes of at least 4 members (excludes halogenated alkanes) is 2. The molecule has 2 N–H and O–H groups in total. The average Bonchev–Trinajstić information content (AvgIpc) is 3.28. The van der Waals surface area contributed by atoms with Gasteiger partial charge in [-0.1, -0.05) is 96.9 Å². The number of aryl methyl sites for hydroxylation is 2. The Morgan fingerprint density at radius 1 is 0.869 bits per heavy atom. The molecular weight excluding hydrogens is 769 g/mol. The highest BCUT2D eigenvalue weighted by Gasteiger charge is 2.65. The van der Waals surface area contributed by atoms with E-state index in [2.05, 4.69) is 38.6 Å². The van der Waals surface area contributed by atoms with Crippen molar-refractivity contribution in [2.75, 3.05) is 26.9 Å². The van der Waals surface area contributed by atoms with Crippen LogP contribution < -0.4 is 9.47 Å². The van der Waals surface area contributed by atoms with E-state index in [-0.39, 0.29) is 57.2 Å². The summed E-state index contributed by atoms with van der Waals surface area (Å²) in [5, 5.41) is 24.8. The Hall–Kier alpha value is -5.42. The highest BCUT2D eigenvalue weighted by molar-refractivity contribution is 6.03. The molecule has 1 amide bonds. The minimum Gasteiger partial charge on any atom is -0.459 e. The van der Waals surface area contributed by atoms with Gasteiger partial charge in [0.1, 0.15) is 36.5 Å². The number of oxime groups is 1. The molecule has 7 rings (SSSR count). The molecule has 1 heterocycles. The lowest BCUT2D eigenvalue weighted by Gasteiger charge is -2.59. The molecule has 0 aromatic heterocycles. The summed E-state index contributed by atoms with van der Waals surface area (Å²) in [6, 6.07) is 30.9. The normalized spacial score (nSPS) is 23.2. The lowest BCUT2D eigenvalue weighted by atomic mass is 9.55. The first-order valence-corrected chi connectivity index (χ1v) is 21.7. The number of likely N-dealkylation sites (N-methyl/N-ethyl adjacent to an activating group) is 1. The highest BCUT2D eigenvalue weighted by Crippen LogP contribution is 2.62.